The third-order valence-electron chi connectivity index (χ3n) is 3.18. The van der Waals surface area contributed by atoms with Crippen molar-refractivity contribution in [3.63, 3.8) is 0 Å². The van der Waals surface area contributed by atoms with Gasteiger partial charge >= 0.3 is 0 Å². The predicted molar refractivity (Wildman–Crippen MR) is 68.8 cm³/mol. The lowest BCUT2D eigenvalue weighted by molar-refractivity contribution is -0.133. The highest BCUT2D eigenvalue weighted by Gasteiger charge is 2.23. The fourth-order valence-electron chi connectivity index (χ4n) is 2.32. The lowest BCUT2D eigenvalue weighted by Crippen LogP contribution is -2.41. The van der Waals surface area contributed by atoms with Gasteiger partial charge in [0, 0.05) is 38.1 Å². The Morgan fingerprint density at radius 3 is 3.12 bits per heavy atom. The van der Waals surface area contributed by atoms with E-state index in [1.54, 1.807) is 11.3 Å². The summed E-state index contributed by atoms with van der Waals surface area (Å²) in [4.78, 5) is 19.8. The number of hydrogen-bond acceptors (Lipinski definition) is 4. The second kappa shape index (κ2) is 5.60. The minimum Gasteiger partial charge on any atom is -0.345 e. The largest absolute Gasteiger partial charge is 0.345 e. The van der Waals surface area contributed by atoms with Crippen LogP contribution in [0.4, 0.5) is 0 Å². The summed E-state index contributed by atoms with van der Waals surface area (Å²) < 4.78 is 0. The fourth-order valence-corrected chi connectivity index (χ4v) is 3.01. The van der Waals surface area contributed by atoms with Gasteiger partial charge in [-0.3, -0.25) is 9.69 Å². The Morgan fingerprint density at radius 1 is 1.65 bits per heavy atom. The average molecular weight is 253 g/mol. The van der Waals surface area contributed by atoms with Crippen molar-refractivity contribution in [3.05, 3.63) is 16.6 Å². The summed E-state index contributed by atoms with van der Waals surface area (Å²) in [6.45, 7) is 2.84. The molecule has 0 aliphatic carbocycles. The van der Waals surface area contributed by atoms with Crippen molar-refractivity contribution in [2.45, 2.75) is 19.4 Å². The SMILES string of the molecule is CN(Cc1nccs1)CC1CCC(=O)N(C)C1. The van der Waals surface area contributed by atoms with Crippen molar-refractivity contribution in [1.82, 2.24) is 14.8 Å². The van der Waals surface area contributed by atoms with Crippen molar-refractivity contribution in [1.29, 1.82) is 0 Å². The first-order valence-corrected chi connectivity index (χ1v) is 6.84. The molecular weight excluding hydrogens is 234 g/mol. The smallest absolute Gasteiger partial charge is 0.222 e. The van der Waals surface area contributed by atoms with Gasteiger partial charge in [-0.05, 0) is 19.4 Å². The van der Waals surface area contributed by atoms with Gasteiger partial charge in [0.25, 0.3) is 0 Å². The average Bonchev–Trinajstić information content (AvgIpc) is 2.76. The molecule has 1 aromatic rings. The topological polar surface area (TPSA) is 36.4 Å². The zero-order chi connectivity index (χ0) is 12.3. The van der Waals surface area contributed by atoms with E-state index in [-0.39, 0.29) is 5.91 Å². The molecule has 1 atom stereocenters. The molecule has 1 amide bonds. The van der Waals surface area contributed by atoms with Gasteiger partial charge in [0.2, 0.25) is 5.91 Å². The van der Waals surface area contributed by atoms with Gasteiger partial charge in [-0.1, -0.05) is 0 Å². The standard InChI is InChI=1S/C12H19N3OS/c1-14(9-11-13-5-6-17-11)7-10-3-4-12(16)15(2)8-10/h5-6,10H,3-4,7-9H2,1-2H3. The Labute approximate surface area is 106 Å². The van der Waals surface area contributed by atoms with Crippen LogP contribution in [0.2, 0.25) is 0 Å². The van der Waals surface area contributed by atoms with Crippen LogP contribution < -0.4 is 0 Å². The normalized spacial score (nSPS) is 21.2. The van der Waals surface area contributed by atoms with E-state index in [4.69, 9.17) is 0 Å². The van der Waals surface area contributed by atoms with Gasteiger partial charge in [0.1, 0.15) is 5.01 Å². The van der Waals surface area contributed by atoms with E-state index in [9.17, 15) is 4.79 Å². The van der Waals surface area contributed by atoms with Crippen LogP contribution in [0.1, 0.15) is 17.8 Å². The van der Waals surface area contributed by atoms with E-state index in [2.05, 4.69) is 16.9 Å². The molecule has 2 rings (SSSR count). The minimum absolute atomic E-state index is 0.281. The van der Waals surface area contributed by atoms with Gasteiger partial charge in [-0.25, -0.2) is 4.98 Å². The second-order valence-corrected chi connectivity index (χ2v) is 5.78. The van der Waals surface area contributed by atoms with Crippen LogP contribution in [0.25, 0.3) is 0 Å². The van der Waals surface area contributed by atoms with E-state index in [0.29, 0.717) is 12.3 Å². The molecule has 2 heterocycles. The maximum absolute atomic E-state index is 11.4. The number of nitrogens with zero attached hydrogens (tertiary/aromatic N) is 3. The summed E-state index contributed by atoms with van der Waals surface area (Å²) in [5.41, 5.74) is 0. The van der Waals surface area contributed by atoms with Gasteiger partial charge in [0.15, 0.2) is 0 Å². The molecule has 1 saturated heterocycles. The molecule has 5 heteroatoms. The maximum Gasteiger partial charge on any atom is 0.222 e. The van der Waals surface area contributed by atoms with Crippen LogP contribution >= 0.6 is 11.3 Å². The number of thiazole rings is 1. The summed E-state index contributed by atoms with van der Waals surface area (Å²) >= 11 is 1.70. The quantitative estimate of drug-likeness (QED) is 0.815. The first kappa shape index (κ1) is 12.5. The molecule has 1 unspecified atom stereocenters. The summed E-state index contributed by atoms with van der Waals surface area (Å²) in [7, 11) is 4.02. The number of carbonyl (C=O) groups excluding carboxylic acids is 1. The van der Waals surface area contributed by atoms with Crippen molar-refractivity contribution in [2.24, 2.45) is 5.92 Å². The van der Waals surface area contributed by atoms with E-state index in [1.165, 1.54) is 0 Å². The Bertz CT molecular complexity index is 366. The molecule has 1 aliphatic rings. The zero-order valence-electron chi connectivity index (χ0n) is 10.4. The van der Waals surface area contributed by atoms with E-state index in [0.717, 1.165) is 31.1 Å². The Morgan fingerprint density at radius 2 is 2.47 bits per heavy atom. The predicted octanol–water partition coefficient (Wildman–Crippen LogP) is 1.44. The maximum atomic E-state index is 11.4. The summed E-state index contributed by atoms with van der Waals surface area (Å²) in [5, 5.41) is 3.17. The van der Waals surface area contributed by atoms with Gasteiger partial charge in [-0.15, -0.1) is 11.3 Å². The molecule has 1 aliphatic heterocycles. The van der Waals surface area contributed by atoms with E-state index < -0.39 is 0 Å². The molecule has 0 bridgehead atoms. The van der Waals surface area contributed by atoms with Crippen LogP contribution in [0.5, 0.6) is 0 Å². The number of likely N-dealkylation sites (tertiary alicyclic amines) is 1. The molecule has 1 fully saturated rings. The van der Waals surface area contributed by atoms with Crippen molar-refractivity contribution in [3.8, 4) is 0 Å². The number of hydrogen-bond donors (Lipinski definition) is 0. The number of carbonyl (C=O) groups is 1. The summed E-state index contributed by atoms with van der Waals surface area (Å²) in [6, 6.07) is 0. The monoisotopic (exact) mass is 253 g/mol. The summed E-state index contributed by atoms with van der Waals surface area (Å²) in [6.07, 6.45) is 3.57. The zero-order valence-corrected chi connectivity index (χ0v) is 11.2. The van der Waals surface area contributed by atoms with Gasteiger partial charge in [-0.2, -0.15) is 0 Å². The Kier molecular flexibility index (Phi) is 4.12. The summed E-state index contributed by atoms with van der Waals surface area (Å²) in [5.74, 6) is 0.881. The van der Waals surface area contributed by atoms with Crippen LogP contribution in [0.3, 0.4) is 0 Å². The Balaban J connectivity index is 1.79. The lowest BCUT2D eigenvalue weighted by Gasteiger charge is -2.32. The Hall–Kier alpha value is -0.940. The van der Waals surface area contributed by atoms with Crippen molar-refractivity contribution >= 4 is 17.2 Å². The third-order valence-corrected chi connectivity index (χ3v) is 3.95. The minimum atomic E-state index is 0.281. The molecule has 0 radical (unpaired) electrons. The molecule has 0 aromatic carbocycles. The van der Waals surface area contributed by atoms with E-state index >= 15 is 0 Å². The molecule has 4 nitrogen and oxygen atoms in total. The molecule has 0 saturated carbocycles. The van der Waals surface area contributed by atoms with Crippen LogP contribution in [-0.4, -0.2) is 47.9 Å². The van der Waals surface area contributed by atoms with Gasteiger partial charge < -0.3 is 4.90 Å². The van der Waals surface area contributed by atoms with Crippen molar-refractivity contribution in [2.75, 3.05) is 27.2 Å². The van der Waals surface area contributed by atoms with E-state index in [1.807, 2.05) is 23.5 Å². The third kappa shape index (κ3) is 3.51. The highest BCUT2D eigenvalue weighted by molar-refractivity contribution is 7.09. The number of aromatic nitrogens is 1. The molecule has 94 valence electrons. The van der Waals surface area contributed by atoms with Crippen LogP contribution in [0, 0.1) is 5.92 Å². The van der Waals surface area contributed by atoms with Crippen LogP contribution in [0.15, 0.2) is 11.6 Å². The number of amides is 1. The first-order chi connectivity index (χ1) is 8.15. The first-order valence-electron chi connectivity index (χ1n) is 5.96. The number of rotatable bonds is 4. The molecular formula is C12H19N3OS. The molecule has 0 N–H and O–H groups in total. The van der Waals surface area contributed by atoms with Gasteiger partial charge in [0.05, 0.1) is 6.54 Å². The molecule has 1 aromatic heterocycles. The number of piperidine rings is 1. The second-order valence-electron chi connectivity index (χ2n) is 4.80. The lowest BCUT2D eigenvalue weighted by atomic mass is 9.97. The highest BCUT2D eigenvalue weighted by atomic mass is 32.1. The van der Waals surface area contributed by atoms with Crippen LogP contribution in [-0.2, 0) is 11.3 Å². The fraction of sp³-hybridized carbons (Fsp3) is 0.667. The molecule has 17 heavy (non-hydrogen) atoms. The molecule has 0 spiro atoms. The highest BCUT2D eigenvalue weighted by Crippen LogP contribution is 2.18. The van der Waals surface area contributed by atoms with Crippen molar-refractivity contribution < 1.29 is 4.79 Å².